The molecule has 0 radical (unpaired) electrons. The average Bonchev–Trinajstić information content (AvgIpc) is 3.11. The molecular weight excluding hydrogens is 332 g/mol. The van der Waals surface area contributed by atoms with Crippen LogP contribution >= 0.6 is 0 Å². The van der Waals surface area contributed by atoms with Crippen molar-refractivity contribution in [1.82, 2.24) is 10.2 Å². The molecule has 0 aliphatic heterocycles. The van der Waals surface area contributed by atoms with Crippen LogP contribution in [0.5, 0.6) is 0 Å². The van der Waals surface area contributed by atoms with Gasteiger partial charge in [0.15, 0.2) is 5.78 Å². The van der Waals surface area contributed by atoms with Crippen LogP contribution in [0.4, 0.5) is 0 Å². The fourth-order valence-electron chi connectivity index (χ4n) is 4.35. The number of Topliss-reactive ketones (excluding diaryl/α,β-unsaturated/α-hetero) is 1. The van der Waals surface area contributed by atoms with Crippen LogP contribution in [0, 0.1) is 5.92 Å². The Morgan fingerprint density at radius 3 is 2.15 bits per heavy atom. The number of ketones is 1. The maximum Gasteiger partial charge on any atom is 0.186 e. The van der Waals surface area contributed by atoms with Crippen molar-refractivity contribution in [2.45, 2.75) is 31.1 Å². The third-order valence-corrected chi connectivity index (χ3v) is 6.16. The van der Waals surface area contributed by atoms with E-state index in [0.717, 1.165) is 36.9 Å². The quantitative estimate of drug-likeness (QED) is 0.674. The number of carbonyl (C=O) groups excluding carboxylic acids is 1. The molecule has 2 aromatic carbocycles. The first-order valence-corrected chi connectivity index (χ1v) is 9.70. The van der Waals surface area contributed by atoms with Crippen molar-refractivity contribution in [2.75, 3.05) is 0 Å². The summed E-state index contributed by atoms with van der Waals surface area (Å²) in [4.78, 5) is 12.7. The lowest BCUT2D eigenvalue weighted by Gasteiger charge is -2.34. The van der Waals surface area contributed by atoms with E-state index in [2.05, 4.69) is 70.9 Å². The Kier molecular flexibility index (Phi) is 3.82. The third kappa shape index (κ3) is 2.57. The Labute approximate surface area is 159 Å². The summed E-state index contributed by atoms with van der Waals surface area (Å²) in [5.41, 5.74) is 4.90. The number of nitrogens with one attached hydrogen (secondary N) is 1. The number of aromatic amines is 1. The van der Waals surface area contributed by atoms with Crippen LogP contribution in [0.1, 0.15) is 52.1 Å². The van der Waals surface area contributed by atoms with Gasteiger partial charge in [-0.3, -0.25) is 9.89 Å². The second kappa shape index (κ2) is 6.34. The summed E-state index contributed by atoms with van der Waals surface area (Å²) in [7, 11) is 0. The maximum absolute atomic E-state index is 12.7. The van der Waals surface area contributed by atoms with Gasteiger partial charge in [-0.05, 0) is 24.0 Å². The number of hydrogen-bond acceptors (Lipinski definition) is 2. The number of aromatic nitrogens is 2. The van der Waals surface area contributed by atoms with Crippen LogP contribution in [0.25, 0.3) is 6.08 Å². The minimum absolute atomic E-state index is 0.167. The standard InChI is InChI=1S/C24H22N2O/c27-23(17-8-7-9-17)22-20-14-15-24(16-21(20)25-26-22,18-10-3-1-4-11-18)19-12-5-2-6-13-19/h1-6,10-15,17H,7-9,16H2,(H,25,26). The molecule has 1 saturated carbocycles. The van der Waals surface area contributed by atoms with Crippen LogP contribution < -0.4 is 0 Å². The van der Waals surface area contributed by atoms with Crippen LogP contribution in [0.15, 0.2) is 66.7 Å². The first kappa shape index (κ1) is 16.2. The van der Waals surface area contributed by atoms with Crippen LogP contribution in [-0.4, -0.2) is 16.0 Å². The molecule has 3 heteroatoms. The van der Waals surface area contributed by atoms with Crippen LogP contribution in [-0.2, 0) is 11.8 Å². The second-order valence-corrected chi connectivity index (χ2v) is 7.67. The number of allylic oxidation sites excluding steroid dienone is 1. The molecule has 27 heavy (non-hydrogen) atoms. The lowest BCUT2D eigenvalue weighted by Crippen LogP contribution is -2.30. The van der Waals surface area contributed by atoms with Gasteiger partial charge in [0.2, 0.25) is 0 Å². The smallest absolute Gasteiger partial charge is 0.186 e. The first-order chi connectivity index (χ1) is 13.3. The number of hydrogen-bond donors (Lipinski definition) is 1. The number of fused-ring (bicyclic) bond motifs is 1. The van der Waals surface area contributed by atoms with E-state index in [9.17, 15) is 4.79 Å². The summed E-state index contributed by atoms with van der Waals surface area (Å²) in [6.07, 6.45) is 8.30. The molecule has 5 rings (SSSR count). The van der Waals surface area contributed by atoms with Gasteiger partial charge in [-0.15, -0.1) is 0 Å². The second-order valence-electron chi connectivity index (χ2n) is 7.67. The van der Waals surface area contributed by atoms with E-state index >= 15 is 0 Å². The van der Waals surface area contributed by atoms with Gasteiger partial charge in [0.25, 0.3) is 0 Å². The predicted molar refractivity (Wildman–Crippen MR) is 107 cm³/mol. The van der Waals surface area contributed by atoms with Gasteiger partial charge in [0.1, 0.15) is 5.69 Å². The minimum atomic E-state index is -0.251. The summed E-state index contributed by atoms with van der Waals surface area (Å²) < 4.78 is 0. The van der Waals surface area contributed by atoms with E-state index in [0.29, 0.717) is 5.69 Å². The van der Waals surface area contributed by atoms with Crippen molar-refractivity contribution in [2.24, 2.45) is 5.92 Å². The summed E-state index contributed by atoms with van der Waals surface area (Å²) >= 11 is 0. The number of H-pyrrole nitrogens is 1. The molecule has 3 nitrogen and oxygen atoms in total. The van der Waals surface area contributed by atoms with E-state index in [4.69, 9.17) is 0 Å². The predicted octanol–water partition coefficient (Wildman–Crippen LogP) is 4.95. The zero-order valence-corrected chi connectivity index (χ0v) is 15.2. The zero-order chi connectivity index (χ0) is 18.3. The molecule has 0 spiro atoms. The lowest BCUT2D eigenvalue weighted by molar-refractivity contribution is 0.0849. The highest BCUT2D eigenvalue weighted by molar-refractivity contribution is 6.00. The molecule has 1 heterocycles. The highest BCUT2D eigenvalue weighted by Gasteiger charge is 2.38. The lowest BCUT2D eigenvalue weighted by atomic mass is 9.68. The number of rotatable bonds is 4. The summed E-state index contributed by atoms with van der Waals surface area (Å²) in [5.74, 6) is 0.371. The number of nitrogens with zero attached hydrogens (tertiary/aromatic N) is 1. The van der Waals surface area contributed by atoms with Crippen molar-refractivity contribution < 1.29 is 4.79 Å². The topological polar surface area (TPSA) is 45.8 Å². The molecule has 2 aliphatic carbocycles. The van der Waals surface area contributed by atoms with Gasteiger partial charge >= 0.3 is 0 Å². The Morgan fingerprint density at radius 1 is 0.963 bits per heavy atom. The normalized spacial score (nSPS) is 17.9. The van der Waals surface area contributed by atoms with Crippen molar-refractivity contribution in [3.63, 3.8) is 0 Å². The molecule has 1 fully saturated rings. The molecule has 0 saturated heterocycles. The Morgan fingerprint density at radius 2 is 1.59 bits per heavy atom. The van der Waals surface area contributed by atoms with E-state index in [1.54, 1.807) is 0 Å². The van der Waals surface area contributed by atoms with Crippen molar-refractivity contribution >= 4 is 11.9 Å². The van der Waals surface area contributed by atoms with Gasteiger partial charge in [-0.25, -0.2) is 0 Å². The fraction of sp³-hybridized carbons (Fsp3) is 0.250. The molecular formula is C24H22N2O. The number of carbonyl (C=O) groups is 1. The van der Waals surface area contributed by atoms with Gasteiger partial charge < -0.3 is 0 Å². The van der Waals surface area contributed by atoms with E-state index < -0.39 is 0 Å². The van der Waals surface area contributed by atoms with Crippen molar-refractivity contribution in [3.8, 4) is 0 Å². The summed E-state index contributed by atoms with van der Waals surface area (Å²) in [6.45, 7) is 0. The Bertz CT molecular complexity index is 958. The first-order valence-electron chi connectivity index (χ1n) is 9.70. The van der Waals surface area contributed by atoms with Gasteiger partial charge in [0.05, 0.1) is 0 Å². The maximum atomic E-state index is 12.7. The molecule has 2 aliphatic rings. The summed E-state index contributed by atoms with van der Waals surface area (Å²) in [5, 5.41) is 7.61. The van der Waals surface area contributed by atoms with Crippen molar-refractivity contribution in [3.05, 3.63) is 94.8 Å². The molecule has 1 N–H and O–H groups in total. The Balaban J connectivity index is 1.60. The SMILES string of the molecule is O=C(c1n[nH]c2c1C=CC(c1ccccc1)(c1ccccc1)C2)C1CCC1. The molecule has 3 aromatic rings. The molecule has 0 unspecified atom stereocenters. The highest BCUT2D eigenvalue weighted by atomic mass is 16.1. The zero-order valence-electron chi connectivity index (χ0n) is 15.2. The largest absolute Gasteiger partial charge is 0.292 e. The van der Waals surface area contributed by atoms with Crippen LogP contribution in [0.2, 0.25) is 0 Å². The Hall–Kier alpha value is -2.94. The molecule has 1 aromatic heterocycles. The third-order valence-electron chi connectivity index (χ3n) is 6.16. The van der Waals surface area contributed by atoms with Gasteiger partial charge in [0, 0.05) is 29.0 Å². The summed E-state index contributed by atoms with van der Waals surface area (Å²) in [6, 6.07) is 21.2. The molecule has 0 amide bonds. The average molecular weight is 354 g/mol. The number of benzene rings is 2. The molecule has 0 atom stereocenters. The highest BCUT2D eigenvalue weighted by Crippen LogP contribution is 2.42. The van der Waals surface area contributed by atoms with E-state index in [1.165, 1.54) is 11.1 Å². The van der Waals surface area contributed by atoms with E-state index in [1.807, 2.05) is 12.1 Å². The van der Waals surface area contributed by atoms with Crippen molar-refractivity contribution in [1.29, 1.82) is 0 Å². The monoisotopic (exact) mass is 354 g/mol. The van der Waals surface area contributed by atoms with Gasteiger partial charge in [-0.2, -0.15) is 5.10 Å². The molecule has 134 valence electrons. The van der Waals surface area contributed by atoms with Crippen LogP contribution in [0.3, 0.4) is 0 Å². The molecule has 0 bridgehead atoms. The fourth-order valence-corrected chi connectivity index (χ4v) is 4.35. The van der Waals surface area contributed by atoms with E-state index in [-0.39, 0.29) is 17.1 Å². The minimum Gasteiger partial charge on any atom is -0.292 e. The van der Waals surface area contributed by atoms with Gasteiger partial charge in [-0.1, -0.05) is 79.2 Å².